The molecule has 2 heteroatoms. The highest BCUT2D eigenvalue weighted by Gasteiger charge is 2.24. The van der Waals surface area contributed by atoms with Crippen LogP contribution >= 0.6 is 0 Å². The number of hydrogen-bond donors (Lipinski definition) is 0. The minimum atomic E-state index is 0.627. The van der Waals surface area contributed by atoms with Crippen LogP contribution in [0.5, 0.6) is 0 Å². The van der Waals surface area contributed by atoms with Gasteiger partial charge in [-0.2, -0.15) is 5.26 Å². The molecule has 0 N–H and O–H groups in total. The van der Waals surface area contributed by atoms with E-state index in [9.17, 15) is 0 Å². The van der Waals surface area contributed by atoms with Crippen LogP contribution < -0.4 is 4.90 Å². The van der Waals surface area contributed by atoms with Gasteiger partial charge in [0.2, 0.25) is 0 Å². The zero-order chi connectivity index (χ0) is 10.1. The third kappa shape index (κ3) is 1.35. The van der Waals surface area contributed by atoms with Gasteiger partial charge in [0.15, 0.2) is 0 Å². The molecular formula is C12H14N2. The average Bonchev–Trinajstić information content (AvgIpc) is 2.19. The van der Waals surface area contributed by atoms with Crippen LogP contribution in [-0.2, 0) is 0 Å². The van der Waals surface area contributed by atoms with E-state index in [1.165, 1.54) is 17.7 Å². The zero-order valence-corrected chi connectivity index (χ0v) is 8.62. The molecule has 1 aliphatic rings. The third-order valence-corrected chi connectivity index (χ3v) is 2.97. The van der Waals surface area contributed by atoms with Crippen LogP contribution in [0.1, 0.15) is 24.5 Å². The van der Waals surface area contributed by atoms with Crippen LogP contribution in [0, 0.1) is 18.3 Å². The minimum absolute atomic E-state index is 0.627. The van der Waals surface area contributed by atoms with Gasteiger partial charge < -0.3 is 4.90 Å². The SMILES string of the molecule is Cc1ccc(C#N)cc1N1CCC1C. The predicted molar refractivity (Wildman–Crippen MR) is 57.3 cm³/mol. The largest absolute Gasteiger partial charge is 0.368 e. The van der Waals surface area contributed by atoms with E-state index in [1.807, 2.05) is 18.2 Å². The molecule has 0 bridgehead atoms. The van der Waals surface area contributed by atoms with Crippen molar-refractivity contribution in [3.8, 4) is 6.07 Å². The van der Waals surface area contributed by atoms with Gasteiger partial charge in [-0.25, -0.2) is 0 Å². The fourth-order valence-corrected chi connectivity index (χ4v) is 1.86. The molecule has 2 nitrogen and oxygen atoms in total. The maximum atomic E-state index is 8.82. The van der Waals surface area contributed by atoms with E-state index in [0.717, 1.165) is 12.1 Å². The molecule has 72 valence electrons. The van der Waals surface area contributed by atoms with Gasteiger partial charge in [0.05, 0.1) is 11.6 Å². The number of benzene rings is 1. The molecule has 0 aliphatic carbocycles. The molecule has 1 unspecified atom stereocenters. The van der Waals surface area contributed by atoms with Crippen LogP contribution in [0.2, 0.25) is 0 Å². The highest BCUT2D eigenvalue weighted by Crippen LogP contribution is 2.29. The maximum absolute atomic E-state index is 8.82. The average molecular weight is 186 g/mol. The lowest BCUT2D eigenvalue weighted by molar-refractivity contribution is 0.480. The van der Waals surface area contributed by atoms with E-state index < -0.39 is 0 Å². The van der Waals surface area contributed by atoms with Crippen LogP contribution in [0.3, 0.4) is 0 Å². The van der Waals surface area contributed by atoms with Crippen molar-refractivity contribution in [1.82, 2.24) is 0 Å². The first-order valence-electron chi connectivity index (χ1n) is 5.00. The molecule has 1 aromatic carbocycles. The van der Waals surface area contributed by atoms with Crippen LogP contribution in [0.4, 0.5) is 5.69 Å². The van der Waals surface area contributed by atoms with Crippen molar-refractivity contribution in [1.29, 1.82) is 5.26 Å². The summed E-state index contributed by atoms with van der Waals surface area (Å²) in [5.41, 5.74) is 3.24. The van der Waals surface area contributed by atoms with Crippen molar-refractivity contribution in [2.75, 3.05) is 11.4 Å². The number of rotatable bonds is 1. The standard InChI is InChI=1S/C12H14N2/c1-9-3-4-11(8-13)7-12(9)14-6-5-10(14)2/h3-4,7,10H,5-6H2,1-2H3. The lowest BCUT2D eigenvalue weighted by atomic mass is 10.0. The Kier molecular flexibility index (Phi) is 2.17. The lowest BCUT2D eigenvalue weighted by Gasteiger charge is -2.41. The highest BCUT2D eigenvalue weighted by atomic mass is 15.2. The molecule has 0 radical (unpaired) electrons. The Morgan fingerprint density at radius 3 is 2.79 bits per heavy atom. The van der Waals surface area contributed by atoms with Gasteiger partial charge in [-0.1, -0.05) is 6.07 Å². The van der Waals surface area contributed by atoms with Crippen molar-refractivity contribution < 1.29 is 0 Å². The van der Waals surface area contributed by atoms with Crippen LogP contribution in [0.25, 0.3) is 0 Å². The summed E-state index contributed by atoms with van der Waals surface area (Å²) < 4.78 is 0. The Hall–Kier alpha value is -1.49. The van der Waals surface area contributed by atoms with Crippen LogP contribution in [-0.4, -0.2) is 12.6 Å². The summed E-state index contributed by atoms with van der Waals surface area (Å²) in [6.07, 6.45) is 1.26. The van der Waals surface area contributed by atoms with Gasteiger partial charge in [-0.15, -0.1) is 0 Å². The Labute approximate surface area is 84.8 Å². The van der Waals surface area contributed by atoms with Gasteiger partial charge in [0.1, 0.15) is 0 Å². The van der Waals surface area contributed by atoms with E-state index in [-0.39, 0.29) is 0 Å². The second-order valence-electron chi connectivity index (χ2n) is 3.94. The van der Waals surface area contributed by atoms with E-state index in [4.69, 9.17) is 5.26 Å². The van der Waals surface area contributed by atoms with E-state index >= 15 is 0 Å². The highest BCUT2D eigenvalue weighted by molar-refractivity contribution is 5.59. The summed E-state index contributed by atoms with van der Waals surface area (Å²) >= 11 is 0. The Bertz CT molecular complexity index is 390. The first-order chi connectivity index (χ1) is 6.72. The summed E-state index contributed by atoms with van der Waals surface area (Å²) in [5, 5.41) is 8.82. The molecule has 0 saturated carbocycles. The van der Waals surface area contributed by atoms with E-state index in [2.05, 4.69) is 24.8 Å². The first kappa shape index (κ1) is 9.08. The molecule has 1 heterocycles. The topological polar surface area (TPSA) is 27.0 Å². The van der Waals surface area contributed by atoms with Crippen molar-refractivity contribution >= 4 is 5.69 Å². The molecule has 1 saturated heterocycles. The molecule has 2 rings (SSSR count). The summed E-state index contributed by atoms with van der Waals surface area (Å²) in [5.74, 6) is 0. The minimum Gasteiger partial charge on any atom is -0.368 e. The van der Waals surface area contributed by atoms with Gasteiger partial charge >= 0.3 is 0 Å². The van der Waals surface area contributed by atoms with Gasteiger partial charge in [0, 0.05) is 18.3 Å². The van der Waals surface area contributed by atoms with Crippen LogP contribution in [0.15, 0.2) is 18.2 Å². The molecule has 1 aliphatic heterocycles. The van der Waals surface area contributed by atoms with Crippen molar-refractivity contribution in [2.45, 2.75) is 26.3 Å². The summed E-state index contributed by atoms with van der Waals surface area (Å²) in [4.78, 5) is 2.36. The number of nitriles is 1. The molecule has 0 amide bonds. The summed E-state index contributed by atoms with van der Waals surface area (Å²) in [7, 11) is 0. The molecule has 0 spiro atoms. The predicted octanol–water partition coefficient (Wildman–Crippen LogP) is 2.47. The molecular weight excluding hydrogens is 172 g/mol. The van der Waals surface area contributed by atoms with E-state index in [1.54, 1.807) is 0 Å². The maximum Gasteiger partial charge on any atom is 0.0992 e. The molecule has 0 aromatic heterocycles. The number of aryl methyl sites for hydroxylation is 1. The first-order valence-corrected chi connectivity index (χ1v) is 5.00. The van der Waals surface area contributed by atoms with Crippen molar-refractivity contribution in [3.63, 3.8) is 0 Å². The van der Waals surface area contributed by atoms with Crippen molar-refractivity contribution in [3.05, 3.63) is 29.3 Å². The molecule has 1 fully saturated rings. The van der Waals surface area contributed by atoms with Gasteiger partial charge in [-0.3, -0.25) is 0 Å². The smallest absolute Gasteiger partial charge is 0.0992 e. The Morgan fingerprint density at radius 1 is 1.50 bits per heavy atom. The normalized spacial score (nSPS) is 20.1. The van der Waals surface area contributed by atoms with E-state index in [0.29, 0.717) is 6.04 Å². The molecule has 14 heavy (non-hydrogen) atoms. The zero-order valence-electron chi connectivity index (χ0n) is 8.62. The number of hydrogen-bond acceptors (Lipinski definition) is 2. The Balaban J connectivity index is 2.37. The van der Waals surface area contributed by atoms with Gasteiger partial charge in [-0.05, 0) is 38.0 Å². The molecule has 1 aromatic rings. The molecule has 1 atom stereocenters. The quantitative estimate of drug-likeness (QED) is 0.673. The monoisotopic (exact) mass is 186 g/mol. The third-order valence-electron chi connectivity index (χ3n) is 2.97. The summed E-state index contributed by atoms with van der Waals surface area (Å²) in [6.45, 7) is 5.44. The van der Waals surface area contributed by atoms with Crippen molar-refractivity contribution in [2.24, 2.45) is 0 Å². The fourth-order valence-electron chi connectivity index (χ4n) is 1.86. The van der Waals surface area contributed by atoms with Gasteiger partial charge in [0.25, 0.3) is 0 Å². The number of anilines is 1. The number of nitrogens with zero attached hydrogens (tertiary/aromatic N) is 2. The second-order valence-corrected chi connectivity index (χ2v) is 3.94. The fraction of sp³-hybridized carbons (Fsp3) is 0.417. The summed E-state index contributed by atoms with van der Waals surface area (Å²) in [6, 6.07) is 8.71. The second kappa shape index (κ2) is 3.34. The Morgan fingerprint density at radius 2 is 2.29 bits per heavy atom. The lowest BCUT2D eigenvalue weighted by Crippen LogP contribution is -2.46.